The van der Waals surface area contributed by atoms with E-state index in [1.54, 1.807) is 27.7 Å². The highest BCUT2D eigenvalue weighted by atomic mass is 16.7. The predicted molar refractivity (Wildman–Crippen MR) is 105 cm³/mol. The molecule has 0 amide bonds. The highest BCUT2D eigenvalue weighted by molar-refractivity contribution is 6.62. The molecule has 0 unspecified atom stereocenters. The fourth-order valence-corrected chi connectivity index (χ4v) is 2.47. The number of fused-ring (bicyclic) bond motifs is 1. The van der Waals surface area contributed by atoms with Crippen molar-refractivity contribution in [1.82, 2.24) is 0 Å². The number of benzene rings is 3. The molecule has 25 heavy (non-hydrogen) atoms. The molecule has 126 valence electrons. The van der Waals surface area contributed by atoms with E-state index in [1.807, 2.05) is 0 Å². The second-order valence-corrected chi connectivity index (χ2v) is 6.88. The van der Waals surface area contributed by atoms with E-state index in [4.69, 9.17) is 24.4 Å². The molecule has 2 nitrogen and oxygen atoms in total. The minimum absolute atomic E-state index is 0.103. The van der Waals surface area contributed by atoms with Gasteiger partial charge in [-0.2, -0.15) is 0 Å². The van der Waals surface area contributed by atoms with Crippen LogP contribution >= 0.6 is 0 Å². The number of hydrogen-bond acceptors (Lipinski definition) is 2. The summed E-state index contributed by atoms with van der Waals surface area (Å²) < 4.78 is 104. The summed E-state index contributed by atoms with van der Waals surface area (Å²) in [5.74, 6) is 0. The van der Waals surface area contributed by atoms with Crippen molar-refractivity contribution in [3.63, 3.8) is 0 Å². The lowest BCUT2D eigenvalue weighted by Crippen LogP contribution is -2.41. The van der Waals surface area contributed by atoms with Crippen molar-refractivity contribution in [1.29, 1.82) is 0 Å². The fourth-order valence-electron chi connectivity index (χ4n) is 2.47. The van der Waals surface area contributed by atoms with Crippen LogP contribution in [0.4, 0.5) is 0 Å². The molecule has 0 bridgehead atoms. The summed E-state index contributed by atoms with van der Waals surface area (Å²) in [6.07, 6.45) is 0. The van der Waals surface area contributed by atoms with Gasteiger partial charge in [-0.25, -0.2) is 0 Å². The molecule has 1 aliphatic rings. The molecule has 1 saturated heterocycles. The predicted octanol–water partition coefficient (Wildman–Crippen LogP) is 4.81. The topological polar surface area (TPSA) is 18.5 Å². The van der Waals surface area contributed by atoms with Crippen LogP contribution in [0.1, 0.15) is 42.8 Å². The molecule has 1 fully saturated rings. The van der Waals surface area contributed by atoms with E-state index in [0.29, 0.717) is 0 Å². The molecule has 0 spiro atoms. The van der Waals surface area contributed by atoms with Crippen LogP contribution in [0.2, 0.25) is 0 Å². The maximum Gasteiger partial charge on any atom is 0.494 e. The molecular formula is C22H23BO2. The summed E-state index contributed by atoms with van der Waals surface area (Å²) in [5, 5.41) is -0.542. The quantitative estimate of drug-likeness (QED) is 0.623. The molecule has 0 radical (unpaired) electrons. The lowest BCUT2D eigenvalue weighted by atomic mass is 9.78. The first-order chi connectivity index (χ1) is 16.5. The summed E-state index contributed by atoms with van der Waals surface area (Å²) in [6, 6.07) is -6.42. The number of hydrogen-bond donors (Lipinski definition) is 0. The number of rotatable bonds is 2. The summed E-state index contributed by atoms with van der Waals surface area (Å²) >= 11 is 0. The van der Waals surface area contributed by atoms with E-state index in [1.165, 1.54) is 0 Å². The van der Waals surface area contributed by atoms with Crippen LogP contribution in [0.25, 0.3) is 21.9 Å². The van der Waals surface area contributed by atoms with E-state index in [-0.39, 0.29) is 16.2 Å². The normalized spacial score (nSPS) is 24.8. The molecule has 0 aromatic heterocycles. The van der Waals surface area contributed by atoms with Gasteiger partial charge in [0.15, 0.2) is 0 Å². The van der Waals surface area contributed by atoms with Crippen molar-refractivity contribution in [3.8, 4) is 11.1 Å². The first-order valence-corrected chi connectivity index (χ1v) is 7.92. The van der Waals surface area contributed by atoms with Gasteiger partial charge in [0.25, 0.3) is 0 Å². The first-order valence-electron chi connectivity index (χ1n) is 13.4. The molecule has 0 N–H and O–H groups in total. The van der Waals surface area contributed by atoms with Crippen molar-refractivity contribution in [2.75, 3.05) is 0 Å². The monoisotopic (exact) mass is 341 g/mol. The summed E-state index contributed by atoms with van der Waals surface area (Å²) in [6.45, 7) is 7.15. The Labute approximate surface area is 165 Å². The Kier molecular flexibility index (Phi) is 1.85. The Morgan fingerprint density at radius 3 is 2.00 bits per heavy atom. The molecule has 3 aromatic rings. The second-order valence-electron chi connectivity index (χ2n) is 6.88. The van der Waals surface area contributed by atoms with Crippen LogP contribution in [-0.2, 0) is 9.31 Å². The van der Waals surface area contributed by atoms with Crippen LogP contribution < -0.4 is 5.46 Å². The molecule has 1 aliphatic heterocycles. The summed E-state index contributed by atoms with van der Waals surface area (Å²) in [5.41, 5.74) is -2.58. The largest absolute Gasteiger partial charge is 0.494 e. The molecule has 0 saturated carbocycles. The molecule has 4 rings (SSSR count). The Morgan fingerprint density at radius 1 is 0.720 bits per heavy atom. The van der Waals surface area contributed by atoms with Crippen molar-refractivity contribution in [3.05, 3.63) is 66.5 Å². The van der Waals surface area contributed by atoms with Gasteiger partial charge in [-0.15, -0.1) is 0 Å². The van der Waals surface area contributed by atoms with Gasteiger partial charge in [-0.1, -0.05) is 60.4 Å². The third-order valence-corrected chi connectivity index (χ3v) is 4.63. The van der Waals surface area contributed by atoms with Crippen molar-refractivity contribution < 1.29 is 24.4 Å². The molecular weight excluding hydrogens is 307 g/mol. The fraction of sp³-hybridized carbons (Fsp3) is 0.273. The van der Waals surface area contributed by atoms with Crippen LogP contribution in [0.15, 0.2) is 66.5 Å². The lowest BCUT2D eigenvalue weighted by Gasteiger charge is -2.32. The maximum absolute atomic E-state index is 8.78. The minimum atomic E-state index is -1.19. The second kappa shape index (κ2) is 5.72. The summed E-state index contributed by atoms with van der Waals surface area (Å²) in [7, 11) is -1.19. The van der Waals surface area contributed by atoms with Gasteiger partial charge in [0, 0.05) is 0 Å². The van der Waals surface area contributed by atoms with Crippen molar-refractivity contribution in [2.45, 2.75) is 38.9 Å². The zero-order valence-electron chi connectivity index (χ0n) is 25.4. The standard InChI is InChI=1S/C22H23BO2/c1-21(2)22(3,4)25-23(24-21)20-13-12-18-14-17(10-11-19(18)15-20)16-8-6-5-7-9-16/h5-15H,1-4H3/i5D,6D,7D,8D,9D,10D,11D,12D,13D,14D,15D. The van der Waals surface area contributed by atoms with Crippen LogP contribution in [-0.4, -0.2) is 18.3 Å². The van der Waals surface area contributed by atoms with E-state index in [9.17, 15) is 0 Å². The first kappa shape index (κ1) is 8.07. The van der Waals surface area contributed by atoms with E-state index in [0.717, 1.165) is 0 Å². The summed E-state index contributed by atoms with van der Waals surface area (Å²) in [4.78, 5) is 0. The van der Waals surface area contributed by atoms with E-state index >= 15 is 0 Å². The van der Waals surface area contributed by atoms with Crippen LogP contribution in [0.3, 0.4) is 0 Å². The zero-order chi connectivity index (χ0) is 27.2. The van der Waals surface area contributed by atoms with E-state index < -0.39 is 95.9 Å². The highest BCUT2D eigenvalue weighted by Crippen LogP contribution is 2.36. The minimum Gasteiger partial charge on any atom is -0.399 e. The lowest BCUT2D eigenvalue weighted by molar-refractivity contribution is 0.00578. The molecule has 1 heterocycles. The van der Waals surface area contributed by atoms with E-state index in [2.05, 4.69) is 0 Å². The third kappa shape index (κ3) is 2.88. The average molecular weight is 341 g/mol. The van der Waals surface area contributed by atoms with Crippen LogP contribution in [0, 0.1) is 0 Å². The van der Waals surface area contributed by atoms with Crippen molar-refractivity contribution >= 4 is 23.4 Å². The Balaban J connectivity index is 2.11. The Morgan fingerprint density at radius 2 is 1.32 bits per heavy atom. The molecule has 3 heteroatoms. The Bertz CT molecular complexity index is 1420. The zero-order valence-corrected chi connectivity index (χ0v) is 14.4. The molecule has 0 aliphatic carbocycles. The van der Waals surface area contributed by atoms with Crippen LogP contribution in [0.5, 0.6) is 0 Å². The van der Waals surface area contributed by atoms with Crippen molar-refractivity contribution in [2.24, 2.45) is 0 Å². The smallest absolute Gasteiger partial charge is 0.399 e. The van der Waals surface area contributed by atoms with Gasteiger partial charge in [0.05, 0.1) is 26.3 Å². The van der Waals surface area contributed by atoms with Gasteiger partial charge in [0.2, 0.25) is 0 Å². The maximum atomic E-state index is 8.78. The van der Waals surface area contributed by atoms with Gasteiger partial charge < -0.3 is 9.31 Å². The Hall–Kier alpha value is -2.10. The highest BCUT2D eigenvalue weighted by Gasteiger charge is 2.51. The third-order valence-electron chi connectivity index (χ3n) is 4.63. The van der Waals surface area contributed by atoms with Gasteiger partial charge >= 0.3 is 7.12 Å². The van der Waals surface area contributed by atoms with Gasteiger partial charge in [-0.3, -0.25) is 0 Å². The van der Waals surface area contributed by atoms with Gasteiger partial charge in [-0.05, 0) is 61.1 Å². The van der Waals surface area contributed by atoms with Gasteiger partial charge in [0.1, 0.15) is 0 Å². The molecule has 0 atom stereocenters. The molecule has 3 aromatic carbocycles. The SMILES string of the molecule is [2H]c1c([2H])c([2H])c(-c2c([2H])c([2H])c3c([2H])c(B4OC(C)(C)C(C)(C)O4)c([2H])c([2H])c3c2[2H])c([2H])c1[2H]. The average Bonchev–Trinajstić information content (AvgIpc) is 3.00.